The highest BCUT2D eigenvalue weighted by atomic mass is 19.1. The zero-order chi connectivity index (χ0) is 23.6. The van der Waals surface area contributed by atoms with Crippen molar-refractivity contribution in [1.82, 2.24) is 4.98 Å². The van der Waals surface area contributed by atoms with Crippen molar-refractivity contribution in [2.75, 3.05) is 7.11 Å². The Morgan fingerprint density at radius 2 is 1.72 bits per heavy atom. The molecule has 0 amide bonds. The third kappa shape index (κ3) is 4.37. The number of ether oxygens (including phenoxy) is 1. The fourth-order valence-corrected chi connectivity index (χ4v) is 3.41. The molecule has 0 saturated heterocycles. The number of methoxy groups -OCH3 is 1. The Morgan fingerprint density at radius 3 is 2.28 bits per heavy atom. The predicted octanol–water partition coefficient (Wildman–Crippen LogP) is 5.43. The van der Waals surface area contributed by atoms with Gasteiger partial charge < -0.3 is 19.4 Å². The summed E-state index contributed by atoms with van der Waals surface area (Å²) in [7, 11) is 1.30. The van der Waals surface area contributed by atoms with E-state index in [1.165, 1.54) is 19.4 Å². The summed E-state index contributed by atoms with van der Waals surface area (Å²) < 4.78 is 25.1. The van der Waals surface area contributed by atoms with Gasteiger partial charge >= 0.3 is 0 Å². The molecule has 3 rings (SSSR count). The largest absolute Gasteiger partial charge is 0.507 e. The zero-order valence-electron chi connectivity index (χ0n) is 18.7. The highest BCUT2D eigenvalue weighted by molar-refractivity contribution is 5.93. The number of hydrogen-bond donors (Lipinski definition) is 2. The number of hydrogen-bond acceptors (Lipinski definition) is 6. The number of aromatic hydroxyl groups is 2. The predicted molar refractivity (Wildman–Crippen MR) is 122 cm³/mol. The van der Waals surface area contributed by atoms with E-state index in [9.17, 15) is 19.4 Å². The van der Waals surface area contributed by atoms with Crippen LogP contribution in [0, 0.1) is 5.95 Å². The first-order valence-corrected chi connectivity index (χ1v) is 10.1. The smallest absolute Gasteiger partial charge is 0.239 e. The third-order valence-electron chi connectivity index (χ3n) is 5.06. The van der Waals surface area contributed by atoms with Gasteiger partial charge in [-0.15, -0.1) is 0 Å². The van der Waals surface area contributed by atoms with Crippen molar-refractivity contribution in [3.8, 4) is 28.6 Å². The number of halogens is 1. The molecule has 0 spiro atoms. The second-order valence-electron chi connectivity index (χ2n) is 7.99. The fraction of sp³-hybridized carbons (Fsp3) is 0.280. The maximum absolute atomic E-state index is 13.8. The van der Waals surface area contributed by atoms with Crippen molar-refractivity contribution in [3.63, 3.8) is 0 Å². The van der Waals surface area contributed by atoms with Gasteiger partial charge in [0, 0.05) is 29.0 Å². The number of pyridine rings is 1. The molecule has 2 N–H and O–H groups in total. The molecule has 1 aromatic carbocycles. The van der Waals surface area contributed by atoms with Crippen LogP contribution in [0.25, 0.3) is 22.3 Å². The first kappa shape index (κ1) is 23.1. The molecule has 0 aliphatic heterocycles. The van der Waals surface area contributed by atoms with Gasteiger partial charge in [-0.25, -0.2) is 4.98 Å². The fourth-order valence-electron chi connectivity index (χ4n) is 3.41. The van der Waals surface area contributed by atoms with E-state index in [0.717, 1.165) is 17.2 Å². The first-order valence-electron chi connectivity index (χ1n) is 10.1. The van der Waals surface area contributed by atoms with Gasteiger partial charge in [-0.05, 0) is 46.6 Å². The van der Waals surface area contributed by atoms with Crippen molar-refractivity contribution < 1.29 is 23.8 Å². The minimum atomic E-state index is -0.750. The molecule has 0 radical (unpaired) electrons. The molecule has 168 valence electrons. The van der Waals surface area contributed by atoms with Crippen LogP contribution >= 0.6 is 0 Å². The van der Waals surface area contributed by atoms with Crippen molar-refractivity contribution in [2.45, 2.75) is 40.5 Å². The number of benzene rings is 1. The van der Waals surface area contributed by atoms with Gasteiger partial charge in [-0.3, -0.25) is 4.79 Å². The molecular weight excluding hydrogens is 413 g/mol. The Kier molecular flexibility index (Phi) is 6.67. The zero-order valence-corrected chi connectivity index (χ0v) is 18.7. The lowest BCUT2D eigenvalue weighted by atomic mass is 9.96. The maximum Gasteiger partial charge on any atom is 0.239 e. The molecule has 32 heavy (non-hydrogen) atoms. The number of phenolic OH excluding ortho intramolecular Hbond substituents is 2. The number of allylic oxidation sites excluding steroid dienone is 4. The van der Waals surface area contributed by atoms with Gasteiger partial charge in [0.15, 0.2) is 5.76 Å². The average molecular weight is 439 g/mol. The topological polar surface area (TPSA) is 92.8 Å². The SMILES string of the molecule is COc1c(-c2ccnc(F)c2)oc2c(CC=C(C)C)c(O)c(CC=C(C)C)c(O)c2c1=O. The van der Waals surface area contributed by atoms with Gasteiger partial charge in [0.1, 0.15) is 22.5 Å². The van der Waals surface area contributed by atoms with E-state index in [4.69, 9.17) is 9.15 Å². The van der Waals surface area contributed by atoms with Gasteiger partial charge in [-0.1, -0.05) is 23.3 Å². The third-order valence-corrected chi connectivity index (χ3v) is 5.06. The molecular formula is C25H26FNO5. The Bertz CT molecular complexity index is 1300. The molecule has 2 aromatic heterocycles. The normalized spacial score (nSPS) is 10.8. The summed E-state index contributed by atoms with van der Waals surface area (Å²) in [5.74, 6) is -1.45. The van der Waals surface area contributed by atoms with Gasteiger partial charge in [0.25, 0.3) is 0 Å². The Morgan fingerprint density at radius 1 is 1.09 bits per heavy atom. The van der Waals surface area contributed by atoms with Crippen LogP contribution in [-0.4, -0.2) is 22.3 Å². The number of fused-ring (bicyclic) bond motifs is 1. The molecule has 0 saturated carbocycles. The van der Waals surface area contributed by atoms with Crippen LogP contribution in [-0.2, 0) is 12.8 Å². The average Bonchev–Trinajstić information content (AvgIpc) is 2.72. The van der Waals surface area contributed by atoms with Crippen LogP contribution in [0.2, 0.25) is 0 Å². The van der Waals surface area contributed by atoms with Crippen LogP contribution in [0.15, 0.2) is 50.8 Å². The van der Waals surface area contributed by atoms with E-state index in [1.54, 1.807) is 0 Å². The summed E-state index contributed by atoms with van der Waals surface area (Å²) >= 11 is 0. The highest BCUT2D eigenvalue weighted by Crippen LogP contribution is 2.42. The molecule has 0 aliphatic carbocycles. The quantitative estimate of drug-likeness (QED) is 0.393. The van der Waals surface area contributed by atoms with Crippen molar-refractivity contribution in [2.24, 2.45) is 0 Å². The summed E-state index contributed by atoms with van der Waals surface area (Å²) in [5, 5.41) is 21.9. The number of aromatic nitrogens is 1. The van der Waals surface area contributed by atoms with Crippen LogP contribution in [0.1, 0.15) is 38.8 Å². The molecule has 0 fully saturated rings. The lowest BCUT2D eigenvalue weighted by Crippen LogP contribution is -2.10. The summed E-state index contributed by atoms with van der Waals surface area (Å²) in [6, 6.07) is 2.60. The summed E-state index contributed by atoms with van der Waals surface area (Å²) in [6.07, 6.45) is 5.48. The monoisotopic (exact) mass is 439 g/mol. The number of phenols is 2. The molecule has 2 heterocycles. The van der Waals surface area contributed by atoms with Crippen molar-refractivity contribution in [1.29, 1.82) is 0 Å². The van der Waals surface area contributed by atoms with Crippen LogP contribution < -0.4 is 10.2 Å². The minimum absolute atomic E-state index is 0.0133. The van der Waals surface area contributed by atoms with E-state index >= 15 is 0 Å². The van der Waals surface area contributed by atoms with E-state index in [-0.39, 0.29) is 57.9 Å². The van der Waals surface area contributed by atoms with Gasteiger partial charge in [-0.2, -0.15) is 4.39 Å². The molecule has 0 unspecified atom stereocenters. The Hall–Kier alpha value is -3.61. The highest BCUT2D eigenvalue weighted by Gasteiger charge is 2.26. The second-order valence-corrected chi connectivity index (χ2v) is 7.99. The molecule has 0 atom stereocenters. The van der Waals surface area contributed by atoms with Crippen molar-refractivity contribution >= 4 is 11.0 Å². The van der Waals surface area contributed by atoms with Crippen LogP contribution in [0.5, 0.6) is 17.2 Å². The van der Waals surface area contributed by atoms with Gasteiger partial charge in [0.2, 0.25) is 17.1 Å². The van der Waals surface area contributed by atoms with E-state index in [1.807, 2.05) is 39.8 Å². The van der Waals surface area contributed by atoms with Crippen LogP contribution in [0.4, 0.5) is 4.39 Å². The van der Waals surface area contributed by atoms with Crippen LogP contribution in [0.3, 0.4) is 0 Å². The number of rotatable bonds is 6. The second kappa shape index (κ2) is 9.26. The molecule has 3 aromatic rings. The first-order chi connectivity index (χ1) is 15.1. The van der Waals surface area contributed by atoms with E-state index in [2.05, 4.69) is 4.98 Å². The molecule has 0 bridgehead atoms. The standard InChI is InChI=1S/C25H26FNO5/c1-13(2)6-8-16-20(28)17(9-7-14(3)4)24-19(21(16)29)22(30)25(31-5)23(32-24)15-10-11-27-18(26)12-15/h6-7,10-12,28-29H,8-9H2,1-5H3. The Balaban J connectivity index is 2.47. The van der Waals surface area contributed by atoms with E-state index in [0.29, 0.717) is 5.56 Å². The summed E-state index contributed by atoms with van der Waals surface area (Å²) in [6.45, 7) is 7.62. The molecule has 7 heteroatoms. The molecule has 6 nitrogen and oxygen atoms in total. The maximum atomic E-state index is 13.8. The minimum Gasteiger partial charge on any atom is -0.507 e. The lowest BCUT2D eigenvalue weighted by Gasteiger charge is -2.16. The summed E-state index contributed by atoms with van der Waals surface area (Å²) in [5.41, 5.74) is 2.23. The lowest BCUT2D eigenvalue weighted by molar-refractivity contribution is 0.396. The molecule has 0 aliphatic rings. The summed E-state index contributed by atoms with van der Waals surface area (Å²) in [4.78, 5) is 16.9. The number of nitrogens with zero attached hydrogens (tertiary/aromatic N) is 1. The van der Waals surface area contributed by atoms with Gasteiger partial charge in [0.05, 0.1) is 7.11 Å². The Labute approximate surface area is 185 Å². The van der Waals surface area contributed by atoms with Crippen molar-refractivity contribution in [3.05, 3.63) is 68.9 Å². The van der Waals surface area contributed by atoms with E-state index < -0.39 is 11.4 Å².